The first-order valence-corrected chi connectivity index (χ1v) is 7.34. The third kappa shape index (κ3) is 2.78. The van der Waals surface area contributed by atoms with Crippen LogP contribution in [0.4, 0.5) is 0 Å². The fourth-order valence-electron chi connectivity index (χ4n) is 2.30. The highest BCUT2D eigenvalue weighted by molar-refractivity contribution is 7.84. The molecular formula is C14H21NOS. The summed E-state index contributed by atoms with van der Waals surface area (Å²) < 4.78 is 14.5. The number of rotatable bonds is 2. The molecule has 1 aliphatic heterocycles. The van der Waals surface area contributed by atoms with Crippen molar-refractivity contribution in [2.45, 2.75) is 44.4 Å². The molecule has 1 aromatic rings. The van der Waals surface area contributed by atoms with E-state index in [2.05, 4.69) is 28.6 Å². The molecule has 0 saturated carbocycles. The zero-order chi connectivity index (χ0) is 12.5. The van der Waals surface area contributed by atoms with Gasteiger partial charge >= 0.3 is 0 Å². The van der Waals surface area contributed by atoms with Crippen molar-refractivity contribution in [2.24, 2.45) is 0 Å². The smallest absolute Gasteiger partial charge is 0.100 e. The van der Waals surface area contributed by atoms with Gasteiger partial charge in [0.1, 0.15) is 11.0 Å². The van der Waals surface area contributed by atoms with E-state index in [1.807, 2.05) is 26.8 Å². The van der Waals surface area contributed by atoms with Gasteiger partial charge < -0.3 is 0 Å². The Labute approximate surface area is 107 Å². The van der Waals surface area contributed by atoms with Crippen molar-refractivity contribution in [3.05, 3.63) is 35.9 Å². The second-order valence-corrected chi connectivity index (χ2v) is 7.76. The van der Waals surface area contributed by atoms with Crippen molar-refractivity contribution in [2.75, 3.05) is 6.54 Å². The maximum absolute atomic E-state index is 12.5. The Morgan fingerprint density at radius 1 is 1.24 bits per heavy atom. The Bertz CT molecular complexity index is 396. The van der Waals surface area contributed by atoms with E-state index in [0.29, 0.717) is 6.04 Å². The molecule has 0 aromatic heterocycles. The van der Waals surface area contributed by atoms with Crippen molar-refractivity contribution in [3.8, 4) is 0 Å². The zero-order valence-electron chi connectivity index (χ0n) is 10.8. The van der Waals surface area contributed by atoms with E-state index in [4.69, 9.17) is 0 Å². The first-order valence-electron chi connectivity index (χ1n) is 6.24. The highest BCUT2D eigenvalue weighted by Crippen LogP contribution is 2.35. The van der Waals surface area contributed by atoms with Gasteiger partial charge in [-0.1, -0.05) is 30.3 Å². The Kier molecular flexibility index (Phi) is 3.69. The zero-order valence-corrected chi connectivity index (χ0v) is 11.7. The van der Waals surface area contributed by atoms with E-state index in [9.17, 15) is 4.21 Å². The first kappa shape index (κ1) is 12.8. The lowest BCUT2D eigenvalue weighted by Gasteiger charge is -2.30. The topological polar surface area (TPSA) is 20.3 Å². The van der Waals surface area contributed by atoms with Crippen LogP contribution in [0.5, 0.6) is 0 Å². The van der Waals surface area contributed by atoms with Gasteiger partial charge in [0.05, 0.1) is 4.75 Å². The van der Waals surface area contributed by atoms with Crippen molar-refractivity contribution >= 4 is 11.0 Å². The summed E-state index contributed by atoms with van der Waals surface area (Å²) in [4.78, 5) is 0. The largest absolute Gasteiger partial charge is 0.242 e. The average Bonchev–Trinajstić information content (AvgIpc) is 2.76. The summed E-state index contributed by atoms with van der Waals surface area (Å²) in [6.07, 6.45) is 2.26. The third-order valence-corrected chi connectivity index (χ3v) is 5.04. The Morgan fingerprint density at radius 2 is 1.88 bits per heavy atom. The molecule has 2 atom stereocenters. The summed E-state index contributed by atoms with van der Waals surface area (Å²) in [5.41, 5.74) is 1.29. The summed E-state index contributed by atoms with van der Waals surface area (Å²) in [5.74, 6) is 0. The van der Waals surface area contributed by atoms with Gasteiger partial charge in [0, 0.05) is 12.6 Å². The van der Waals surface area contributed by atoms with Crippen LogP contribution in [0, 0.1) is 0 Å². The Morgan fingerprint density at radius 3 is 2.47 bits per heavy atom. The third-order valence-electron chi connectivity index (χ3n) is 3.12. The summed E-state index contributed by atoms with van der Waals surface area (Å²) >= 11 is 0. The first-order chi connectivity index (χ1) is 8.00. The van der Waals surface area contributed by atoms with Crippen LogP contribution in [-0.4, -0.2) is 19.8 Å². The summed E-state index contributed by atoms with van der Waals surface area (Å²) in [6.45, 7) is 7.08. The lowest BCUT2D eigenvalue weighted by Crippen LogP contribution is -2.37. The Hall–Kier alpha value is -0.670. The van der Waals surface area contributed by atoms with Gasteiger partial charge in [-0.2, -0.15) is 0 Å². The molecule has 94 valence electrons. The van der Waals surface area contributed by atoms with Crippen molar-refractivity contribution in [3.63, 3.8) is 0 Å². The second kappa shape index (κ2) is 4.91. The van der Waals surface area contributed by atoms with Crippen LogP contribution in [0.15, 0.2) is 30.3 Å². The number of hydrogen-bond acceptors (Lipinski definition) is 1. The van der Waals surface area contributed by atoms with E-state index >= 15 is 0 Å². The van der Waals surface area contributed by atoms with Crippen LogP contribution >= 0.6 is 0 Å². The number of benzene rings is 1. The molecular weight excluding hydrogens is 230 g/mol. The fraction of sp³-hybridized carbons (Fsp3) is 0.571. The molecule has 2 rings (SSSR count). The summed E-state index contributed by atoms with van der Waals surface area (Å²) in [5, 5.41) is 0. The monoisotopic (exact) mass is 251 g/mol. The van der Waals surface area contributed by atoms with Crippen LogP contribution in [0.25, 0.3) is 0 Å². The molecule has 1 aliphatic rings. The molecule has 1 fully saturated rings. The molecule has 1 saturated heterocycles. The molecule has 0 radical (unpaired) electrons. The van der Waals surface area contributed by atoms with Crippen LogP contribution in [-0.2, 0) is 11.0 Å². The molecule has 3 heteroatoms. The quantitative estimate of drug-likeness (QED) is 0.790. The molecule has 0 amide bonds. The molecule has 0 aliphatic carbocycles. The predicted molar refractivity (Wildman–Crippen MR) is 73.0 cm³/mol. The second-order valence-electron chi connectivity index (χ2n) is 5.57. The Balaban J connectivity index is 2.22. The minimum absolute atomic E-state index is 0.169. The van der Waals surface area contributed by atoms with E-state index in [0.717, 1.165) is 19.4 Å². The molecule has 0 spiro atoms. The standard InChI is InChI=1S/C14H21NOS/c1-14(2,3)17(16)15-11-7-10-13(15)12-8-5-4-6-9-12/h4-6,8-9,13H,7,10-11H2,1-3H3. The average molecular weight is 251 g/mol. The van der Waals surface area contributed by atoms with E-state index < -0.39 is 11.0 Å². The van der Waals surface area contributed by atoms with E-state index in [-0.39, 0.29) is 4.75 Å². The minimum Gasteiger partial charge on any atom is -0.242 e. The van der Waals surface area contributed by atoms with Crippen molar-refractivity contribution in [1.82, 2.24) is 4.31 Å². The van der Waals surface area contributed by atoms with Gasteiger partial charge in [-0.05, 0) is 39.2 Å². The van der Waals surface area contributed by atoms with Gasteiger partial charge in [0.2, 0.25) is 0 Å². The predicted octanol–water partition coefficient (Wildman–Crippen LogP) is 3.29. The summed E-state index contributed by atoms with van der Waals surface area (Å²) in [6, 6.07) is 10.8. The van der Waals surface area contributed by atoms with Crippen molar-refractivity contribution in [1.29, 1.82) is 0 Å². The van der Waals surface area contributed by atoms with E-state index in [1.54, 1.807) is 0 Å². The summed E-state index contributed by atoms with van der Waals surface area (Å²) in [7, 11) is -0.910. The van der Waals surface area contributed by atoms with E-state index in [1.165, 1.54) is 5.56 Å². The lowest BCUT2D eigenvalue weighted by atomic mass is 10.1. The molecule has 2 unspecified atom stereocenters. The normalized spacial score (nSPS) is 23.8. The highest BCUT2D eigenvalue weighted by Gasteiger charge is 2.35. The number of nitrogens with zero attached hydrogens (tertiary/aromatic N) is 1. The fourth-order valence-corrected chi connectivity index (χ4v) is 3.76. The molecule has 1 heterocycles. The lowest BCUT2D eigenvalue weighted by molar-refractivity contribution is 0.416. The maximum atomic E-state index is 12.5. The molecule has 1 aromatic carbocycles. The van der Waals surface area contributed by atoms with Gasteiger partial charge in [0.25, 0.3) is 0 Å². The molecule has 0 bridgehead atoms. The minimum atomic E-state index is -0.910. The van der Waals surface area contributed by atoms with Gasteiger partial charge in [-0.3, -0.25) is 0 Å². The van der Waals surface area contributed by atoms with Crippen LogP contribution < -0.4 is 0 Å². The highest BCUT2D eigenvalue weighted by atomic mass is 32.2. The SMILES string of the molecule is CC(C)(C)S(=O)N1CCCC1c1ccccc1. The van der Waals surface area contributed by atoms with Crippen molar-refractivity contribution < 1.29 is 4.21 Å². The molecule has 17 heavy (non-hydrogen) atoms. The molecule has 0 N–H and O–H groups in total. The van der Waals surface area contributed by atoms with Gasteiger partial charge in [-0.25, -0.2) is 8.51 Å². The van der Waals surface area contributed by atoms with Crippen LogP contribution in [0.1, 0.15) is 45.2 Å². The van der Waals surface area contributed by atoms with Crippen LogP contribution in [0.2, 0.25) is 0 Å². The van der Waals surface area contributed by atoms with Gasteiger partial charge in [-0.15, -0.1) is 0 Å². The maximum Gasteiger partial charge on any atom is 0.100 e. The molecule has 2 nitrogen and oxygen atoms in total. The van der Waals surface area contributed by atoms with Gasteiger partial charge in [0.15, 0.2) is 0 Å². The van der Waals surface area contributed by atoms with Crippen LogP contribution in [0.3, 0.4) is 0 Å². The number of hydrogen-bond donors (Lipinski definition) is 0.